The van der Waals surface area contributed by atoms with E-state index < -0.39 is 113 Å². The predicted octanol–water partition coefficient (Wildman–Crippen LogP) is 4.33. The predicted molar refractivity (Wildman–Crippen MR) is 350 cm³/mol. The summed E-state index contributed by atoms with van der Waals surface area (Å²) in [6.07, 6.45) is 3.38. The Morgan fingerprint density at radius 2 is 1.20 bits per heavy atom. The first-order valence-electron chi connectivity index (χ1n) is 31.6. The fourth-order valence-corrected chi connectivity index (χ4v) is 14.2. The van der Waals surface area contributed by atoms with Crippen LogP contribution in [0.5, 0.6) is 5.75 Å². The first-order chi connectivity index (χ1) is 44.7. The molecule has 0 spiro atoms. The van der Waals surface area contributed by atoms with Gasteiger partial charge < -0.3 is 67.0 Å². The van der Waals surface area contributed by atoms with Crippen LogP contribution in [-0.2, 0) is 73.9 Å². The van der Waals surface area contributed by atoms with Crippen LogP contribution in [0.25, 0.3) is 21.8 Å². The molecule has 494 valence electrons. The Bertz CT molecular complexity index is 3740. The first kappa shape index (κ1) is 67.4. The number of methoxy groups -OCH3 is 1. The molecule has 26 heteroatoms. The zero-order valence-corrected chi connectivity index (χ0v) is 54.1. The number of nitrogens with zero attached hydrogens (tertiary/aromatic N) is 2. The zero-order chi connectivity index (χ0) is 65.9. The topological polar surface area (TPSA) is 297 Å². The second-order valence-corrected chi connectivity index (χ2v) is 26.8. The Morgan fingerprint density at radius 1 is 0.613 bits per heavy atom. The van der Waals surface area contributed by atoms with Crippen LogP contribution in [0.15, 0.2) is 97.3 Å². The fourth-order valence-electron chi connectivity index (χ4n) is 12.6. The molecule has 10 N–H and O–H groups in total. The van der Waals surface area contributed by atoms with Gasteiger partial charge in [0.25, 0.3) is 0 Å². The minimum Gasteiger partial charge on any atom is -0.497 e. The van der Waals surface area contributed by atoms with E-state index >= 15 is 23.6 Å². The van der Waals surface area contributed by atoms with Gasteiger partial charge in [0.2, 0.25) is 53.2 Å². The average molecular weight is 1320 g/mol. The highest BCUT2D eigenvalue weighted by molar-refractivity contribution is 7.98. The summed E-state index contributed by atoms with van der Waals surface area (Å²) >= 11 is 3.34. The molecule has 9 amide bonds. The highest BCUT2D eigenvalue weighted by Gasteiger charge is 2.49. The number of rotatable bonds is 7. The molecule has 3 saturated heterocycles. The molecule has 6 aromatic rings. The molecule has 93 heavy (non-hydrogen) atoms. The molecular weight excluding hydrogens is 1230 g/mol. The summed E-state index contributed by atoms with van der Waals surface area (Å²) in [4.78, 5) is 141. The Labute approximate surface area is 546 Å². The summed E-state index contributed by atoms with van der Waals surface area (Å²) in [5.41, 5.74) is 3.48. The summed E-state index contributed by atoms with van der Waals surface area (Å²) in [6.45, 7) is 5.68. The maximum atomic E-state index is 15.6. The number of halogens is 2. The van der Waals surface area contributed by atoms with Crippen LogP contribution in [-0.4, -0.2) is 172 Å². The lowest BCUT2D eigenvalue weighted by Gasteiger charge is -2.36. The summed E-state index contributed by atoms with van der Waals surface area (Å²) in [6, 6.07) is 13.7. The molecule has 4 aromatic carbocycles. The van der Waals surface area contributed by atoms with Gasteiger partial charge in [0, 0.05) is 115 Å². The van der Waals surface area contributed by atoms with E-state index in [1.165, 1.54) is 60.2 Å². The van der Waals surface area contributed by atoms with Gasteiger partial charge in [-0.2, -0.15) is 23.5 Å². The van der Waals surface area contributed by atoms with Gasteiger partial charge in [-0.15, -0.1) is 0 Å². The molecule has 3 fully saturated rings. The van der Waals surface area contributed by atoms with Crippen LogP contribution in [0.4, 0.5) is 8.78 Å². The molecule has 0 radical (unpaired) electrons. The smallest absolute Gasteiger partial charge is 0.246 e. The monoisotopic (exact) mass is 1310 g/mol. The third-order valence-corrected chi connectivity index (χ3v) is 19.9. The molecule has 7 heterocycles. The number of benzene rings is 4. The molecule has 5 aliphatic heterocycles. The van der Waals surface area contributed by atoms with Crippen molar-refractivity contribution in [3.8, 4) is 5.75 Å². The van der Waals surface area contributed by atoms with Gasteiger partial charge in [-0.3, -0.25) is 43.2 Å². The van der Waals surface area contributed by atoms with Crippen molar-refractivity contribution in [2.45, 2.75) is 144 Å². The first-order valence-corrected chi connectivity index (χ1v) is 33.9. The Hall–Kier alpha value is -8.49. The molecule has 22 nitrogen and oxygen atoms in total. The number of H-pyrrole nitrogens is 2. The lowest BCUT2D eigenvalue weighted by Crippen LogP contribution is -2.62. The number of aromatic amines is 2. The summed E-state index contributed by atoms with van der Waals surface area (Å²) in [5.74, 6) is -3.59. The lowest BCUT2D eigenvalue weighted by molar-refractivity contribution is -0.146. The zero-order valence-electron chi connectivity index (χ0n) is 52.4. The van der Waals surface area contributed by atoms with Gasteiger partial charge in [-0.1, -0.05) is 36.4 Å². The van der Waals surface area contributed by atoms with Crippen molar-refractivity contribution in [3.63, 3.8) is 0 Å². The Morgan fingerprint density at radius 3 is 1.85 bits per heavy atom. The van der Waals surface area contributed by atoms with Crippen molar-refractivity contribution in [3.05, 3.63) is 137 Å². The third kappa shape index (κ3) is 16.7. The normalized spacial score (nSPS) is 25.9. The van der Waals surface area contributed by atoms with Gasteiger partial charge in [0.1, 0.15) is 59.2 Å². The van der Waals surface area contributed by atoms with Gasteiger partial charge in [0.15, 0.2) is 0 Å². The molecule has 11 rings (SSSR count). The highest BCUT2D eigenvalue weighted by Crippen LogP contribution is 2.32. The molecular formula is C67H80F2N12O10S2. The van der Waals surface area contributed by atoms with E-state index in [4.69, 9.17) is 4.74 Å². The number of nitrogens with one attached hydrogen (secondary N) is 10. The van der Waals surface area contributed by atoms with Crippen LogP contribution in [0.3, 0.4) is 0 Å². The Kier molecular flexibility index (Phi) is 22.1. The van der Waals surface area contributed by atoms with Crippen LogP contribution in [0.1, 0.15) is 87.1 Å². The number of aromatic nitrogens is 2. The van der Waals surface area contributed by atoms with Crippen molar-refractivity contribution in [1.29, 1.82) is 0 Å². The van der Waals surface area contributed by atoms with Crippen molar-refractivity contribution >= 4 is 98.5 Å². The SMILES string of the molecule is COc1ccc(C[C@@H]2NC(=O)[C@@H]3CCCC(=O)N[C@H]4C[C@@H](C(=O)N3)N(C4)C(=O)[C@H](Cc3c[nH]c4ccc(F)cc34)NC(=O)[C@H](Cc3c[nH]c4ccc(F)cc34)NC(=O)[C@@H](C)NC(=O)[C@H](C)NCCSCc3ccc(cc3)CSCCNC(=O)[C@]3(C)CCCN3C2=O)cc1. The number of hydrogen-bond donors (Lipinski definition) is 10. The van der Waals surface area contributed by atoms with Gasteiger partial charge >= 0.3 is 0 Å². The highest BCUT2D eigenvalue weighted by atomic mass is 32.2. The van der Waals surface area contributed by atoms with E-state index in [9.17, 15) is 28.4 Å². The van der Waals surface area contributed by atoms with Gasteiger partial charge in [0.05, 0.1) is 13.2 Å². The van der Waals surface area contributed by atoms with E-state index in [0.29, 0.717) is 87.4 Å². The van der Waals surface area contributed by atoms with E-state index in [-0.39, 0.29) is 63.9 Å². The van der Waals surface area contributed by atoms with E-state index in [1.807, 2.05) is 0 Å². The number of fused-ring (bicyclic) bond motifs is 28. The minimum atomic E-state index is -1.55. The summed E-state index contributed by atoms with van der Waals surface area (Å²) < 4.78 is 35.3. The molecule has 0 unspecified atom stereocenters. The summed E-state index contributed by atoms with van der Waals surface area (Å²) in [7, 11) is 1.52. The van der Waals surface area contributed by atoms with Crippen molar-refractivity contribution in [1.82, 2.24) is 62.3 Å². The second kappa shape index (κ2) is 30.5. The quantitative estimate of drug-likeness (QED) is 0.0998. The van der Waals surface area contributed by atoms with E-state index in [0.717, 1.165) is 16.9 Å². The molecule has 0 saturated carbocycles. The standard InChI is InChI=1S/C67H80F2N12O10S2/c1-38-59(83)74-39(2)60(84)77-54(28-43-33-72-51-19-15-45(68)30-49(43)51)62(86)79-56(29-44-34-73-52-20-16-46(69)31-50(44)52)64(88)80-35-47-32-57(80)63(87)76-53(7-5-8-58(82)75-47)61(85)78-55(27-40-13-17-48(91-4)18-14-40)65(89)81-24-6-21-67(81,3)66(90)71-23-26-93-37-42-11-9-41(10-12-42)36-92-25-22-70-38/h9-20,30-31,33-34,38-39,47,53-57,70,72-73H,5-8,21-29,32,35-37H2,1-4H3,(H,71,90)(H,74,83)(H,75,82)(H,76,87)(H,77,84)(H,78,85)(H,79,86)/t38-,39+,47-,53-,54-,55-,56-,57-,67-/m0/s1. The van der Waals surface area contributed by atoms with Crippen molar-refractivity contribution in [2.24, 2.45) is 0 Å². The number of carbonyl (C=O) groups excluding carboxylic acids is 9. The van der Waals surface area contributed by atoms with E-state index in [2.05, 4.69) is 76.8 Å². The average Bonchev–Trinajstić information content (AvgIpc) is 1.74. The maximum Gasteiger partial charge on any atom is 0.246 e. The maximum absolute atomic E-state index is 15.6. The molecule has 5 bridgehead atoms. The van der Waals surface area contributed by atoms with Gasteiger partial charge in [-0.25, -0.2) is 8.78 Å². The third-order valence-electron chi connectivity index (χ3n) is 17.9. The molecule has 9 atom stereocenters. The van der Waals surface area contributed by atoms with Crippen molar-refractivity contribution < 1.29 is 56.7 Å². The van der Waals surface area contributed by atoms with Crippen LogP contribution in [0.2, 0.25) is 0 Å². The van der Waals surface area contributed by atoms with E-state index in [1.54, 1.807) is 74.0 Å². The van der Waals surface area contributed by atoms with Crippen LogP contribution >= 0.6 is 23.5 Å². The largest absolute Gasteiger partial charge is 0.497 e. The number of thioether (sulfide) groups is 2. The molecule has 0 aliphatic carbocycles. The van der Waals surface area contributed by atoms with Crippen molar-refractivity contribution in [2.75, 3.05) is 44.8 Å². The lowest BCUT2D eigenvalue weighted by atomic mass is 9.95. The molecule has 2 aromatic heterocycles. The Balaban J connectivity index is 0.970. The fraction of sp³-hybridized carbons (Fsp3) is 0.448. The second-order valence-electron chi connectivity index (χ2n) is 24.6. The minimum absolute atomic E-state index is 0.0116. The number of carbonyl (C=O) groups is 9. The van der Waals surface area contributed by atoms with Gasteiger partial charge in [-0.05, 0) is 129 Å². The number of hydrogen-bond acceptors (Lipinski definition) is 13. The number of ether oxygens (including phenoxy) is 1. The number of amides is 9. The van der Waals surface area contributed by atoms with Crippen LogP contribution < -0.4 is 47.3 Å². The molecule has 5 aliphatic rings. The summed E-state index contributed by atoms with van der Waals surface area (Å²) in [5, 5.41) is 24.1. The van der Waals surface area contributed by atoms with Crippen LogP contribution in [0, 0.1) is 11.6 Å².